The normalized spacial score (nSPS) is 12.0. The zero-order valence-electron chi connectivity index (χ0n) is 11.9. The van der Waals surface area contributed by atoms with Crippen LogP contribution in [0, 0.1) is 0 Å². The van der Waals surface area contributed by atoms with Gasteiger partial charge in [-0.2, -0.15) is 13.2 Å². The third-order valence-electron chi connectivity index (χ3n) is 3.09. The zero-order chi connectivity index (χ0) is 16.5. The summed E-state index contributed by atoms with van der Waals surface area (Å²) >= 11 is 5.83. The van der Waals surface area contributed by atoms with Gasteiger partial charge in [-0.25, -0.2) is 0 Å². The molecule has 8 heteroatoms. The Labute approximate surface area is 132 Å². The fraction of sp³-hybridized carbons (Fsp3) is 0.0714. The lowest BCUT2D eigenvalue weighted by Crippen LogP contribution is -2.15. The predicted octanol–water partition coefficient (Wildman–Crippen LogP) is 1.33. The summed E-state index contributed by atoms with van der Waals surface area (Å²) in [6.07, 6.45) is -3.07. The molecule has 0 fully saturated rings. The monoisotopic (exact) mass is 323 g/mol. The van der Waals surface area contributed by atoms with E-state index in [-0.39, 0.29) is 16.5 Å². The third-order valence-corrected chi connectivity index (χ3v) is 3.39. The summed E-state index contributed by atoms with van der Waals surface area (Å²) < 4.78 is 37.7. The van der Waals surface area contributed by atoms with Gasteiger partial charge in [-0.1, -0.05) is 29.2 Å². The first-order valence-electron chi connectivity index (χ1n) is 6.39. The minimum atomic E-state index is -4.45. The first-order valence-corrected chi connectivity index (χ1v) is 6.77. The number of halogens is 4. The average Bonchev–Trinajstić information content (AvgIpc) is 2.41. The van der Waals surface area contributed by atoms with Crippen LogP contribution in [0.2, 0.25) is 5.02 Å². The van der Waals surface area contributed by atoms with Crippen molar-refractivity contribution < 1.29 is 18.3 Å². The molecule has 0 aliphatic heterocycles. The molecular formula is C14H11B2ClF3NO. The van der Waals surface area contributed by atoms with Crippen LogP contribution in [-0.2, 0) is 6.18 Å². The molecule has 2 rings (SSSR count). The molecule has 2 aromatic carbocycles. The van der Waals surface area contributed by atoms with Crippen molar-refractivity contribution >= 4 is 50.1 Å². The van der Waals surface area contributed by atoms with Crippen LogP contribution in [0.5, 0.6) is 5.75 Å². The molecule has 0 amide bonds. The van der Waals surface area contributed by atoms with Crippen molar-refractivity contribution in [3.05, 3.63) is 46.5 Å². The van der Waals surface area contributed by atoms with Gasteiger partial charge in [0.2, 0.25) is 0 Å². The maximum atomic E-state index is 12.6. The van der Waals surface area contributed by atoms with Crippen LogP contribution in [0.3, 0.4) is 0 Å². The first kappa shape index (κ1) is 16.5. The van der Waals surface area contributed by atoms with E-state index in [1.807, 2.05) is 13.9 Å². The fourth-order valence-electron chi connectivity index (χ4n) is 2.02. The van der Waals surface area contributed by atoms with Gasteiger partial charge >= 0.3 is 6.18 Å². The summed E-state index contributed by atoms with van der Waals surface area (Å²) in [5.74, 6) is 0.0809. The van der Waals surface area contributed by atoms with Crippen molar-refractivity contribution in [2.45, 2.75) is 6.18 Å². The minimum Gasteiger partial charge on any atom is -0.508 e. The van der Waals surface area contributed by atoms with Crippen LogP contribution < -0.4 is 10.9 Å². The van der Waals surface area contributed by atoms with Gasteiger partial charge in [0.15, 0.2) is 0 Å². The largest absolute Gasteiger partial charge is 0.508 e. The Kier molecular flexibility index (Phi) is 4.56. The van der Waals surface area contributed by atoms with E-state index in [1.54, 1.807) is 13.9 Å². The molecule has 2 aromatic rings. The van der Waals surface area contributed by atoms with Gasteiger partial charge < -0.3 is 5.11 Å². The lowest BCUT2D eigenvalue weighted by molar-refractivity contribution is -0.137. The molecule has 0 unspecified atom stereocenters. The molecule has 0 heterocycles. The summed E-state index contributed by atoms with van der Waals surface area (Å²) in [5.41, 5.74) is 1.49. The number of hydrogen-bond acceptors (Lipinski definition) is 2. The molecule has 0 aliphatic rings. The van der Waals surface area contributed by atoms with E-state index in [2.05, 4.69) is 4.99 Å². The van der Waals surface area contributed by atoms with E-state index in [0.29, 0.717) is 11.0 Å². The van der Waals surface area contributed by atoms with Crippen LogP contribution in [0.4, 0.5) is 18.9 Å². The average molecular weight is 323 g/mol. The molecule has 22 heavy (non-hydrogen) atoms. The standard InChI is InChI=1S/C14H11B2ClF3NO/c15-9-3-7(13(22)10(16)5-9)6-21-12-2-1-8(4-11(12)17)14(18,19)20/h1-6,22H,15-16H2/b21-6+. The Morgan fingerprint density at radius 1 is 1.14 bits per heavy atom. The van der Waals surface area contributed by atoms with Gasteiger partial charge in [0.05, 0.1) is 16.3 Å². The number of hydrogen-bond donors (Lipinski definition) is 1. The third kappa shape index (κ3) is 3.65. The van der Waals surface area contributed by atoms with E-state index in [4.69, 9.17) is 11.6 Å². The summed E-state index contributed by atoms with van der Waals surface area (Å²) in [7, 11) is 3.62. The molecule has 0 saturated heterocycles. The molecule has 1 N–H and O–H groups in total. The van der Waals surface area contributed by atoms with E-state index < -0.39 is 11.7 Å². The molecule has 0 saturated carbocycles. The predicted molar refractivity (Wildman–Crippen MR) is 88.2 cm³/mol. The highest BCUT2D eigenvalue weighted by molar-refractivity contribution is 6.39. The van der Waals surface area contributed by atoms with Crippen molar-refractivity contribution in [1.82, 2.24) is 0 Å². The number of phenolic OH excluding ortho intramolecular Hbond substituents is 1. The molecule has 0 atom stereocenters. The van der Waals surface area contributed by atoms with Gasteiger partial charge in [0.25, 0.3) is 0 Å². The van der Waals surface area contributed by atoms with Crippen molar-refractivity contribution in [2.24, 2.45) is 4.99 Å². The van der Waals surface area contributed by atoms with E-state index in [0.717, 1.165) is 17.6 Å². The van der Waals surface area contributed by atoms with Gasteiger partial charge in [0, 0.05) is 11.8 Å². The van der Waals surface area contributed by atoms with E-state index >= 15 is 0 Å². The van der Waals surface area contributed by atoms with Crippen molar-refractivity contribution in [1.29, 1.82) is 0 Å². The molecule has 0 bridgehead atoms. The maximum Gasteiger partial charge on any atom is 0.416 e. The summed E-state index contributed by atoms with van der Waals surface area (Å²) in [4.78, 5) is 4.06. The quantitative estimate of drug-likeness (QED) is 0.656. The number of nitrogens with zero attached hydrogens (tertiary/aromatic N) is 1. The number of aromatic hydroxyl groups is 1. The van der Waals surface area contributed by atoms with Crippen LogP contribution in [0.15, 0.2) is 35.3 Å². The topological polar surface area (TPSA) is 32.6 Å². The number of alkyl halides is 3. The van der Waals surface area contributed by atoms with Gasteiger partial charge in [-0.3, -0.25) is 4.99 Å². The molecule has 0 aliphatic carbocycles. The van der Waals surface area contributed by atoms with Crippen LogP contribution in [0.25, 0.3) is 0 Å². The molecule has 0 spiro atoms. The Morgan fingerprint density at radius 3 is 2.41 bits per heavy atom. The Balaban J connectivity index is 2.35. The molecule has 2 nitrogen and oxygen atoms in total. The summed E-state index contributed by atoms with van der Waals surface area (Å²) in [5, 5.41) is 9.85. The molecular weight excluding hydrogens is 312 g/mol. The number of aliphatic imine (C=N–C) groups is 1. The Hall–Kier alpha value is -1.88. The summed E-state index contributed by atoms with van der Waals surface area (Å²) in [6, 6.07) is 6.48. The Morgan fingerprint density at radius 2 is 1.82 bits per heavy atom. The second-order valence-corrected chi connectivity index (χ2v) is 5.35. The SMILES string of the molecule is Bc1cc(B)c(O)c(/C=N/c2ccc(C(F)(F)F)cc2Cl)c1. The van der Waals surface area contributed by atoms with Gasteiger partial charge in [-0.15, -0.1) is 0 Å². The number of phenols is 1. The van der Waals surface area contributed by atoms with Gasteiger partial charge in [0.1, 0.15) is 21.4 Å². The van der Waals surface area contributed by atoms with Crippen molar-refractivity contribution in [3.63, 3.8) is 0 Å². The second-order valence-electron chi connectivity index (χ2n) is 4.94. The Bertz CT molecular complexity index is 748. The number of benzene rings is 2. The highest BCUT2D eigenvalue weighted by atomic mass is 35.5. The lowest BCUT2D eigenvalue weighted by Gasteiger charge is -2.08. The highest BCUT2D eigenvalue weighted by Crippen LogP contribution is 2.34. The summed E-state index contributed by atoms with van der Waals surface area (Å²) in [6.45, 7) is 0. The minimum absolute atomic E-state index is 0.0809. The maximum absolute atomic E-state index is 12.6. The van der Waals surface area contributed by atoms with Crippen molar-refractivity contribution in [3.8, 4) is 5.75 Å². The van der Waals surface area contributed by atoms with Crippen LogP contribution >= 0.6 is 11.6 Å². The van der Waals surface area contributed by atoms with Gasteiger partial charge in [-0.05, 0) is 23.7 Å². The zero-order valence-corrected chi connectivity index (χ0v) is 12.6. The van der Waals surface area contributed by atoms with E-state index in [1.165, 1.54) is 12.3 Å². The fourth-order valence-corrected chi connectivity index (χ4v) is 2.25. The molecule has 0 radical (unpaired) electrons. The smallest absolute Gasteiger partial charge is 0.416 e. The lowest BCUT2D eigenvalue weighted by atomic mass is 9.85. The highest BCUT2D eigenvalue weighted by Gasteiger charge is 2.30. The van der Waals surface area contributed by atoms with Crippen LogP contribution in [0.1, 0.15) is 11.1 Å². The van der Waals surface area contributed by atoms with Crippen molar-refractivity contribution in [2.75, 3.05) is 0 Å². The van der Waals surface area contributed by atoms with Crippen LogP contribution in [-0.4, -0.2) is 27.0 Å². The number of rotatable bonds is 2. The first-order chi connectivity index (χ1) is 10.2. The second kappa shape index (κ2) is 6.08. The van der Waals surface area contributed by atoms with E-state index in [9.17, 15) is 18.3 Å². The molecule has 112 valence electrons. The molecule has 0 aromatic heterocycles.